The molecule has 0 bridgehead atoms. The van der Waals surface area contributed by atoms with Crippen LogP contribution in [0.15, 0.2) is 34.2 Å². The van der Waals surface area contributed by atoms with E-state index in [1.54, 1.807) is 16.3 Å². The Morgan fingerprint density at radius 3 is 2.97 bits per heavy atom. The number of aryl methyl sites for hydroxylation is 2. The van der Waals surface area contributed by atoms with Gasteiger partial charge in [0.2, 0.25) is 0 Å². The third-order valence-corrected chi connectivity index (χ3v) is 4.89. The first-order chi connectivity index (χ1) is 13.8. The van der Waals surface area contributed by atoms with E-state index in [1.807, 2.05) is 28.8 Å². The van der Waals surface area contributed by atoms with Crippen molar-refractivity contribution in [2.45, 2.75) is 45.3 Å². The Balaban J connectivity index is 0.00000240. The minimum absolute atomic E-state index is 0. The second-order valence-corrected chi connectivity index (χ2v) is 6.78. The second-order valence-electron chi connectivity index (χ2n) is 6.78. The van der Waals surface area contributed by atoms with E-state index in [0.717, 1.165) is 49.5 Å². The zero-order chi connectivity index (χ0) is 19.3. The molecule has 156 valence electrons. The van der Waals surface area contributed by atoms with Gasteiger partial charge in [-0.3, -0.25) is 14.0 Å². The normalized spacial score (nSPS) is 13.8. The van der Waals surface area contributed by atoms with Crippen LogP contribution in [0.5, 0.6) is 0 Å². The van der Waals surface area contributed by atoms with Crippen molar-refractivity contribution in [2.75, 3.05) is 13.6 Å². The summed E-state index contributed by atoms with van der Waals surface area (Å²) in [6.45, 7) is 2.59. The summed E-state index contributed by atoms with van der Waals surface area (Å²) in [5, 5.41) is 19.3. The van der Waals surface area contributed by atoms with E-state index in [1.165, 1.54) is 0 Å². The van der Waals surface area contributed by atoms with Gasteiger partial charge in [0, 0.05) is 39.3 Å². The SMILES string of the molecule is CN=C(NCCCn1nc2n(c1=O)CCCC2)NCc1nnc2ccccn12.I. The first kappa shape index (κ1) is 21.3. The van der Waals surface area contributed by atoms with Gasteiger partial charge < -0.3 is 10.6 Å². The number of pyridine rings is 1. The smallest absolute Gasteiger partial charge is 0.345 e. The Hall–Kier alpha value is -2.44. The van der Waals surface area contributed by atoms with Crippen LogP contribution in [0, 0.1) is 0 Å². The molecule has 0 atom stereocenters. The van der Waals surface area contributed by atoms with Gasteiger partial charge in [0.15, 0.2) is 17.4 Å². The van der Waals surface area contributed by atoms with Crippen molar-refractivity contribution in [1.29, 1.82) is 0 Å². The maximum absolute atomic E-state index is 12.3. The Kier molecular flexibility index (Phi) is 7.23. The summed E-state index contributed by atoms with van der Waals surface area (Å²) in [6, 6.07) is 5.80. The molecule has 0 radical (unpaired) electrons. The number of guanidine groups is 1. The van der Waals surface area contributed by atoms with E-state index in [-0.39, 0.29) is 29.7 Å². The van der Waals surface area contributed by atoms with Gasteiger partial charge in [0.05, 0.1) is 6.54 Å². The number of nitrogens with one attached hydrogen (secondary N) is 2. The zero-order valence-electron chi connectivity index (χ0n) is 16.4. The predicted octanol–water partition coefficient (Wildman–Crippen LogP) is 0.797. The number of aromatic nitrogens is 6. The number of hydrogen-bond donors (Lipinski definition) is 2. The van der Waals surface area contributed by atoms with E-state index in [0.29, 0.717) is 25.6 Å². The van der Waals surface area contributed by atoms with Crippen LogP contribution in [0.2, 0.25) is 0 Å². The summed E-state index contributed by atoms with van der Waals surface area (Å²) < 4.78 is 5.33. The largest absolute Gasteiger partial charge is 0.356 e. The molecule has 2 N–H and O–H groups in total. The van der Waals surface area contributed by atoms with E-state index in [4.69, 9.17) is 0 Å². The summed E-state index contributed by atoms with van der Waals surface area (Å²) in [5.41, 5.74) is 0.825. The molecule has 0 aromatic carbocycles. The molecular weight excluding hydrogens is 485 g/mol. The summed E-state index contributed by atoms with van der Waals surface area (Å²) in [5.74, 6) is 2.42. The highest BCUT2D eigenvalue weighted by molar-refractivity contribution is 14.0. The number of fused-ring (bicyclic) bond motifs is 2. The lowest BCUT2D eigenvalue weighted by Gasteiger charge is -2.11. The van der Waals surface area contributed by atoms with E-state index >= 15 is 0 Å². The summed E-state index contributed by atoms with van der Waals surface area (Å²) in [7, 11) is 1.73. The summed E-state index contributed by atoms with van der Waals surface area (Å²) >= 11 is 0. The molecule has 0 amide bonds. The van der Waals surface area contributed by atoms with Crippen molar-refractivity contribution < 1.29 is 0 Å². The average Bonchev–Trinajstić information content (AvgIpc) is 3.29. The number of hydrogen-bond acceptors (Lipinski definition) is 5. The fourth-order valence-electron chi connectivity index (χ4n) is 3.42. The van der Waals surface area contributed by atoms with Gasteiger partial charge in [0.25, 0.3) is 0 Å². The molecule has 3 aromatic heterocycles. The number of halogens is 1. The van der Waals surface area contributed by atoms with Crippen LogP contribution in [0.4, 0.5) is 0 Å². The Labute approximate surface area is 185 Å². The molecule has 3 aromatic rings. The van der Waals surface area contributed by atoms with Crippen molar-refractivity contribution in [1.82, 2.24) is 39.6 Å². The monoisotopic (exact) mass is 511 g/mol. The molecular formula is C18H26IN9O. The van der Waals surface area contributed by atoms with Crippen molar-refractivity contribution in [3.05, 3.63) is 46.5 Å². The molecule has 1 aliphatic heterocycles. The number of rotatable bonds is 6. The zero-order valence-corrected chi connectivity index (χ0v) is 18.7. The van der Waals surface area contributed by atoms with Crippen LogP contribution in [-0.2, 0) is 26.1 Å². The Morgan fingerprint density at radius 2 is 2.14 bits per heavy atom. The highest BCUT2D eigenvalue weighted by Gasteiger charge is 2.16. The molecule has 0 fully saturated rings. The molecule has 1 aliphatic rings. The van der Waals surface area contributed by atoms with Crippen LogP contribution in [-0.4, -0.2) is 48.5 Å². The van der Waals surface area contributed by atoms with Crippen molar-refractivity contribution >= 4 is 35.6 Å². The lowest BCUT2D eigenvalue weighted by atomic mass is 10.2. The summed E-state index contributed by atoms with van der Waals surface area (Å²) in [6.07, 6.45) is 5.79. The molecule has 0 aliphatic carbocycles. The van der Waals surface area contributed by atoms with E-state index < -0.39 is 0 Å². The number of aliphatic imine (C=N–C) groups is 1. The van der Waals surface area contributed by atoms with Crippen LogP contribution in [0.25, 0.3) is 5.65 Å². The van der Waals surface area contributed by atoms with Gasteiger partial charge in [-0.25, -0.2) is 9.48 Å². The quantitative estimate of drug-likeness (QED) is 0.220. The third kappa shape index (κ3) is 4.77. The van der Waals surface area contributed by atoms with Gasteiger partial charge in [-0.2, -0.15) is 5.10 Å². The van der Waals surface area contributed by atoms with Gasteiger partial charge >= 0.3 is 5.69 Å². The lowest BCUT2D eigenvalue weighted by molar-refractivity contribution is 0.509. The molecule has 11 heteroatoms. The third-order valence-electron chi connectivity index (χ3n) is 4.89. The molecule has 29 heavy (non-hydrogen) atoms. The fraction of sp³-hybridized carbons (Fsp3) is 0.500. The highest BCUT2D eigenvalue weighted by Crippen LogP contribution is 2.09. The van der Waals surface area contributed by atoms with Crippen molar-refractivity contribution in [3.8, 4) is 0 Å². The average molecular weight is 511 g/mol. The molecule has 4 heterocycles. The molecule has 0 saturated carbocycles. The first-order valence-corrected chi connectivity index (χ1v) is 9.66. The van der Waals surface area contributed by atoms with E-state index in [9.17, 15) is 4.79 Å². The molecule has 0 spiro atoms. The fourth-order valence-corrected chi connectivity index (χ4v) is 3.42. The number of nitrogens with zero attached hydrogens (tertiary/aromatic N) is 7. The highest BCUT2D eigenvalue weighted by atomic mass is 127. The molecule has 10 nitrogen and oxygen atoms in total. The first-order valence-electron chi connectivity index (χ1n) is 9.66. The molecule has 4 rings (SSSR count). The molecule has 0 unspecified atom stereocenters. The standard InChI is InChI=1S/C18H25N9O.HI/c1-19-17(21-13-16-23-22-14-7-2-4-10-25(14)16)20-9-6-12-27-18(28)26-11-5-3-8-15(26)24-27;/h2,4,7,10H,3,5-6,8-9,11-13H2,1H3,(H2,19,20,21);1H. The van der Waals surface area contributed by atoms with Crippen LogP contribution >= 0.6 is 24.0 Å². The maximum Gasteiger partial charge on any atom is 0.345 e. The Morgan fingerprint density at radius 1 is 1.24 bits per heavy atom. The Bertz CT molecular complexity index is 1040. The van der Waals surface area contributed by atoms with Crippen LogP contribution in [0.3, 0.4) is 0 Å². The predicted molar refractivity (Wildman–Crippen MR) is 121 cm³/mol. The molecule has 0 saturated heterocycles. The van der Waals surface area contributed by atoms with Gasteiger partial charge in [0.1, 0.15) is 5.82 Å². The van der Waals surface area contributed by atoms with Gasteiger partial charge in [-0.1, -0.05) is 6.07 Å². The maximum atomic E-state index is 12.3. The second kappa shape index (κ2) is 9.85. The van der Waals surface area contributed by atoms with Gasteiger partial charge in [-0.05, 0) is 31.4 Å². The van der Waals surface area contributed by atoms with Crippen LogP contribution < -0.4 is 16.3 Å². The minimum Gasteiger partial charge on any atom is -0.356 e. The van der Waals surface area contributed by atoms with E-state index in [2.05, 4.69) is 30.9 Å². The lowest BCUT2D eigenvalue weighted by Crippen LogP contribution is -2.38. The van der Waals surface area contributed by atoms with Crippen molar-refractivity contribution in [3.63, 3.8) is 0 Å². The van der Waals surface area contributed by atoms with Gasteiger partial charge in [-0.15, -0.1) is 34.2 Å². The van der Waals surface area contributed by atoms with Crippen molar-refractivity contribution in [2.24, 2.45) is 4.99 Å². The topological polar surface area (TPSA) is 106 Å². The minimum atomic E-state index is 0. The van der Waals surface area contributed by atoms with Crippen LogP contribution in [0.1, 0.15) is 30.9 Å². The summed E-state index contributed by atoms with van der Waals surface area (Å²) in [4.78, 5) is 16.6.